The second-order valence-corrected chi connectivity index (χ2v) is 4.35. The molecule has 2 aromatic rings. The van der Waals surface area contributed by atoms with Crippen molar-refractivity contribution in [1.82, 2.24) is 0 Å². The van der Waals surface area contributed by atoms with Crippen molar-refractivity contribution in [1.29, 1.82) is 0 Å². The molecule has 0 fully saturated rings. The number of nitrogens with two attached hydrogens (primary N) is 1. The first-order valence-electron chi connectivity index (χ1n) is 5.39. The highest BCUT2D eigenvalue weighted by atomic mass is 35.5. The summed E-state index contributed by atoms with van der Waals surface area (Å²) in [5.74, 6) is 0.150. The van der Waals surface area contributed by atoms with E-state index in [2.05, 4.69) is 0 Å². The lowest BCUT2D eigenvalue weighted by Crippen LogP contribution is -2.14. The van der Waals surface area contributed by atoms with E-state index in [0.29, 0.717) is 16.5 Å². The number of carbonyl (C=O) groups is 1. The Kier molecular flexibility index (Phi) is 3.69. The van der Waals surface area contributed by atoms with Crippen LogP contribution in [0.1, 0.15) is 18.2 Å². The van der Waals surface area contributed by atoms with E-state index in [-0.39, 0.29) is 6.42 Å². The van der Waals surface area contributed by atoms with Crippen LogP contribution < -0.4 is 5.73 Å². The zero-order chi connectivity index (χ0) is 13.1. The van der Waals surface area contributed by atoms with Crippen LogP contribution in [0.5, 0.6) is 0 Å². The highest BCUT2D eigenvalue weighted by Crippen LogP contribution is 2.26. The summed E-state index contributed by atoms with van der Waals surface area (Å²) in [6.45, 7) is 0. The minimum absolute atomic E-state index is 0.159. The Morgan fingerprint density at radius 1 is 1.28 bits per heavy atom. The van der Waals surface area contributed by atoms with Gasteiger partial charge < -0.3 is 15.3 Å². The molecule has 1 aromatic heterocycles. The second-order valence-electron chi connectivity index (χ2n) is 3.91. The minimum Gasteiger partial charge on any atom is -0.481 e. The van der Waals surface area contributed by atoms with Gasteiger partial charge in [-0.25, -0.2) is 0 Å². The molecule has 3 N–H and O–H groups in total. The van der Waals surface area contributed by atoms with E-state index in [4.69, 9.17) is 26.9 Å². The van der Waals surface area contributed by atoms with Crippen LogP contribution in [0.25, 0.3) is 11.3 Å². The molecular weight excluding hydrogens is 254 g/mol. The lowest BCUT2D eigenvalue weighted by Gasteiger charge is -2.04. The van der Waals surface area contributed by atoms with E-state index < -0.39 is 12.0 Å². The monoisotopic (exact) mass is 265 g/mol. The molecule has 0 saturated carbocycles. The van der Waals surface area contributed by atoms with Crippen molar-refractivity contribution >= 4 is 17.6 Å². The van der Waals surface area contributed by atoms with Crippen LogP contribution in [-0.4, -0.2) is 11.1 Å². The van der Waals surface area contributed by atoms with E-state index >= 15 is 0 Å². The molecule has 18 heavy (non-hydrogen) atoms. The van der Waals surface area contributed by atoms with Crippen LogP contribution in [0.2, 0.25) is 5.02 Å². The van der Waals surface area contributed by atoms with Crippen LogP contribution >= 0.6 is 11.6 Å². The van der Waals surface area contributed by atoms with Crippen molar-refractivity contribution in [2.75, 3.05) is 0 Å². The fourth-order valence-corrected chi connectivity index (χ4v) is 1.74. The largest absolute Gasteiger partial charge is 0.481 e. The van der Waals surface area contributed by atoms with Crippen molar-refractivity contribution in [2.24, 2.45) is 5.73 Å². The maximum absolute atomic E-state index is 10.6. The number of carboxylic acid groups (broad SMARTS) is 1. The molecule has 0 bridgehead atoms. The first-order chi connectivity index (χ1) is 8.56. The Bertz CT molecular complexity index is 548. The predicted octanol–water partition coefficient (Wildman–Crippen LogP) is 3.07. The van der Waals surface area contributed by atoms with Gasteiger partial charge in [-0.05, 0) is 36.4 Å². The number of hydrogen-bond acceptors (Lipinski definition) is 3. The molecule has 0 amide bonds. The summed E-state index contributed by atoms with van der Waals surface area (Å²) in [6, 6.07) is 10.00. The average Bonchev–Trinajstić information content (AvgIpc) is 2.78. The lowest BCUT2D eigenvalue weighted by molar-refractivity contribution is -0.137. The normalized spacial score (nSPS) is 12.3. The van der Waals surface area contributed by atoms with Gasteiger partial charge in [0.2, 0.25) is 0 Å². The molecule has 94 valence electrons. The fourth-order valence-electron chi connectivity index (χ4n) is 1.61. The fraction of sp³-hybridized carbons (Fsp3) is 0.154. The number of carboxylic acids is 1. The van der Waals surface area contributed by atoms with E-state index in [1.807, 2.05) is 12.1 Å². The molecule has 0 unspecified atom stereocenters. The summed E-state index contributed by atoms with van der Waals surface area (Å²) >= 11 is 5.80. The molecule has 5 heteroatoms. The van der Waals surface area contributed by atoms with Gasteiger partial charge in [0.05, 0.1) is 12.5 Å². The van der Waals surface area contributed by atoms with Gasteiger partial charge in [0.1, 0.15) is 11.5 Å². The van der Waals surface area contributed by atoms with Crippen LogP contribution in [0.3, 0.4) is 0 Å². The third kappa shape index (κ3) is 2.91. The Hall–Kier alpha value is -1.78. The number of furan rings is 1. The summed E-state index contributed by atoms with van der Waals surface area (Å²) in [7, 11) is 0. The Labute approximate surface area is 109 Å². The summed E-state index contributed by atoms with van der Waals surface area (Å²) in [5, 5.41) is 9.31. The van der Waals surface area contributed by atoms with Crippen molar-refractivity contribution in [2.45, 2.75) is 12.5 Å². The zero-order valence-electron chi connectivity index (χ0n) is 9.47. The maximum atomic E-state index is 10.6. The van der Waals surface area contributed by atoms with Crippen molar-refractivity contribution < 1.29 is 14.3 Å². The van der Waals surface area contributed by atoms with Gasteiger partial charge in [-0.3, -0.25) is 4.79 Å². The Balaban J connectivity index is 2.19. The number of rotatable bonds is 4. The standard InChI is InChI=1S/C13H12ClNO3/c14-9-3-1-8(2-4-9)11-5-6-12(18-11)10(15)7-13(16)17/h1-6,10H,7,15H2,(H,16,17)/t10-/m1/s1. The van der Waals surface area contributed by atoms with Crippen molar-refractivity contribution in [3.05, 3.63) is 47.2 Å². The molecule has 0 aliphatic carbocycles. The number of halogens is 1. The molecule has 0 saturated heterocycles. The van der Waals surface area contributed by atoms with Gasteiger partial charge in [0, 0.05) is 10.6 Å². The molecular formula is C13H12ClNO3. The summed E-state index contributed by atoms with van der Waals surface area (Å²) in [6.07, 6.45) is -0.159. The molecule has 2 rings (SSSR count). The predicted molar refractivity (Wildman–Crippen MR) is 68.3 cm³/mol. The van der Waals surface area contributed by atoms with Crippen LogP contribution in [0.4, 0.5) is 0 Å². The molecule has 4 nitrogen and oxygen atoms in total. The van der Waals surface area contributed by atoms with Crippen molar-refractivity contribution in [3.63, 3.8) is 0 Å². The van der Waals surface area contributed by atoms with Gasteiger partial charge in [0.15, 0.2) is 0 Å². The quantitative estimate of drug-likeness (QED) is 0.891. The lowest BCUT2D eigenvalue weighted by atomic mass is 10.1. The van der Waals surface area contributed by atoms with Crippen molar-refractivity contribution in [3.8, 4) is 11.3 Å². The summed E-state index contributed by atoms with van der Waals surface area (Å²) < 4.78 is 5.54. The summed E-state index contributed by atoms with van der Waals surface area (Å²) in [4.78, 5) is 10.6. The maximum Gasteiger partial charge on any atom is 0.305 e. The number of benzene rings is 1. The minimum atomic E-state index is -0.952. The molecule has 1 atom stereocenters. The average molecular weight is 266 g/mol. The Morgan fingerprint density at radius 2 is 1.94 bits per heavy atom. The first kappa shape index (κ1) is 12.7. The van der Waals surface area contributed by atoms with Gasteiger partial charge in [-0.2, -0.15) is 0 Å². The second kappa shape index (κ2) is 5.25. The highest BCUT2D eigenvalue weighted by molar-refractivity contribution is 6.30. The third-order valence-electron chi connectivity index (χ3n) is 2.52. The zero-order valence-corrected chi connectivity index (χ0v) is 10.2. The van der Waals surface area contributed by atoms with Gasteiger partial charge in [-0.15, -0.1) is 0 Å². The first-order valence-corrected chi connectivity index (χ1v) is 5.77. The van der Waals surface area contributed by atoms with Crippen LogP contribution in [0, 0.1) is 0 Å². The van der Waals surface area contributed by atoms with E-state index in [0.717, 1.165) is 5.56 Å². The molecule has 1 aromatic carbocycles. The highest BCUT2D eigenvalue weighted by Gasteiger charge is 2.15. The topological polar surface area (TPSA) is 76.5 Å². The smallest absolute Gasteiger partial charge is 0.305 e. The molecule has 0 spiro atoms. The van der Waals surface area contributed by atoms with E-state index in [9.17, 15) is 4.79 Å². The molecule has 0 radical (unpaired) electrons. The van der Waals surface area contributed by atoms with Gasteiger partial charge in [-0.1, -0.05) is 11.6 Å². The summed E-state index contributed by atoms with van der Waals surface area (Å²) in [5.41, 5.74) is 6.58. The number of aliphatic carboxylic acids is 1. The number of hydrogen-bond donors (Lipinski definition) is 2. The molecule has 0 aliphatic rings. The molecule has 1 heterocycles. The van der Waals surface area contributed by atoms with Crippen LogP contribution in [0.15, 0.2) is 40.8 Å². The SMILES string of the molecule is N[C@H](CC(=O)O)c1ccc(-c2ccc(Cl)cc2)o1. The van der Waals surface area contributed by atoms with Gasteiger partial charge in [0.25, 0.3) is 0 Å². The van der Waals surface area contributed by atoms with Gasteiger partial charge >= 0.3 is 5.97 Å². The molecule has 0 aliphatic heterocycles. The van der Waals surface area contributed by atoms with Crippen LogP contribution in [-0.2, 0) is 4.79 Å². The Morgan fingerprint density at radius 3 is 2.56 bits per heavy atom. The third-order valence-corrected chi connectivity index (χ3v) is 2.77. The van der Waals surface area contributed by atoms with E-state index in [1.54, 1.807) is 24.3 Å². The van der Waals surface area contributed by atoms with E-state index in [1.165, 1.54) is 0 Å².